The third kappa shape index (κ3) is 4.20. The first-order valence-electron chi connectivity index (χ1n) is 6.12. The Morgan fingerprint density at radius 2 is 2.44 bits per heavy atom. The number of hydrogen-bond acceptors (Lipinski definition) is 4. The highest BCUT2D eigenvalue weighted by molar-refractivity contribution is 5.49. The number of hydrogen-bond donors (Lipinski definition) is 1. The molecule has 0 amide bonds. The van der Waals surface area contributed by atoms with Crippen LogP contribution in [0.4, 0.5) is 0 Å². The minimum absolute atomic E-state index is 0.138. The number of aldehydes is 1. The molecule has 0 bridgehead atoms. The van der Waals surface area contributed by atoms with Gasteiger partial charge in [-0.25, -0.2) is 0 Å². The van der Waals surface area contributed by atoms with Crippen molar-refractivity contribution in [3.8, 4) is 0 Å². The van der Waals surface area contributed by atoms with E-state index in [9.17, 15) is 4.79 Å². The summed E-state index contributed by atoms with van der Waals surface area (Å²) in [5.41, 5.74) is 0. The van der Waals surface area contributed by atoms with Crippen molar-refractivity contribution in [2.45, 2.75) is 50.8 Å². The summed E-state index contributed by atoms with van der Waals surface area (Å²) in [6.45, 7) is 3.60. The summed E-state index contributed by atoms with van der Waals surface area (Å²) < 4.78 is 10.8. The zero-order chi connectivity index (χ0) is 11.8. The molecule has 0 aromatic heterocycles. The van der Waals surface area contributed by atoms with Crippen molar-refractivity contribution in [2.75, 3.05) is 20.3 Å². The minimum atomic E-state index is 0.138. The van der Waals surface area contributed by atoms with Crippen LogP contribution in [0.25, 0.3) is 0 Å². The van der Waals surface area contributed by atoms with E-state index in [-0.39, 0.29) is 6.10 Å². The number of nitrogens with one attached hydrogen (secondary N) is 1. The first-order chi connectivity index (χ1) is 7.81. The first kappa shape index (κ1) is 13.6. The summed E-state index contributed by atoms with van der Waals surface area (Å²) in [4.78, 5) is 10.4. The van der Waals surface area contributed by atoms with E-state index in [1.54, 1.807) is 7.11 Å². The molecule has 0 aliphatic carbocycles. The molecule has 0 radical (unpaired) electrons. The van der Waals surface area contributed by atoms with Gasteiger partial charge in [-0.2, -0.15) is 0 Å². The molecule has 1 rings (SSSR count). The van der Waals surface area contributed by atoms with Crippen molar-refractivity contribution < 1.29 is 14.3 Å². The summed E-state index contributed by atoms with van der Waals surface area (Å²) in [6, 6.07) is 0.765. The van der Waals surface area contributed by atoms with Gasteiger partial charge in [-0.15, -0.1) is 0 Å². The molecule has 16 heavy (non-hydrogen) atoms. The maximum Gasteiger partial charge on any atom is 0.120 e. The summed E-state index contributed by atoms with van der Waals surface area (Å²) in [5.74, 6) is 0. The predicted molar refractivity (Wildman–Crippen MR) is 62.5 cm³/mol. The van der Waals surface area contributed by atoms with E-state index in [0.717, 1.165) is 32.2 Å². The fourth-order valence-corrected chi connectivity index (χ4v) is 2.11. The van der Waals surface area contributed by atoms with Gasteiger partial charge in [-0.05, 0) is 19.3 Å². The molecule has 1 aliphatic heterocycles. The molecular formula is C12H23NO3. The molecule has 0 aromatic carbocycles. The molecule has 4 heteroatoms. The lowest BCUT2D eigenvalue weighted by Crippen LogP contribution is -2.50. The van der Waals surface area contributed by atoms with Gasteiger partial charge in [-0.3, -0.25) is 0 Å². The van der Waals surface area contributed by atoms with Crippen LogP contribution in [0.1, 0.15) is 32.6 Å². The second-order valence-electron chi connectivity index (χ2n) is 4.26. The van der Waals surface area contributed by atoms with Gasteiger partial charge in [-0.1, -0.05) is 6.92 Å². The van der Waals surface area contributed by atoms with Crippen LogP contribution in [-0.4, -0.2) is 44.8 Å². The van der Waals surface area contributed by atoms with Gasteiger partial charge in [0.25, 0.3) is 0 Å². The molecule has 1 N–H and O–H groups in total. The molecule has 3 unspecified atom stereocenters. The third-order valence-electron chi connectivity index (χ3n) is 3.18. The average Bonchev–Trinajstić information content (AvgIpc) is 2.34. The highest BCUT2D eigenvalue weighted by Crippen LogP contribution is 2.13. The smallest absolute Gasteiger partial charge is 0.120 e. The Labute approximate surface area is 97.7 Å². The van der Waals surface area contributed by atoms with Gasteiger partial charge >= 0.3 is 0 Å². The fourth-order valence-electron chi connectivity index (χ4n) is 2.11. The van der Waals surface area contributed by atoms with E-state index in [1.807, 2.05) is 0 Å². The second kappa shape index (κ2) is 7.76. The zero-order valence-electron chi connectivity index (χ0n) is 10.3. The van der Waals surface area contributed by atoms with Crippen LogP contribution >= 0.6 is 0 Å². The quantitative estimate of drug-likeness (QED) is 0.665. The molecule has 0 spiro atoms. The highest BCUT2D eigenvalue weighted by Gasteiger charge is 2.26. The molecule has 1 fully saturated rings. The fraction of sp³-hybridized carbons (Fsp3) is 0.917. The van der Waals surface area contributed by atoms with E-state index < -0.39 is 0 Å². The van der Waals surface area contributed by atoms with Crippen molar-refractivity contribution in [3.63, 3.8) is 0 Å². The Morgan fingerprint density at radius 1 is 1.62 bits per heavy atom. The molecule has 0 saturated carbocycles. The standard InChI is InChI=1S/C12H23NO3/c1-3-10(5-4-7-14)13-11-6-8-16-9-12(11)15-2/h7,10-13H,3-6,8-9H2,1-2H3. The normalized spacial score (nSPS) is 27.6. The van der Waals surface area contributed by atoms with E-state index in [1.165, 1.54) is 0 Å². The van der Waals surface area contributed by atoms with Crippen LogP contribution in [-0.2, 0) is 14.3 Å². The molecular weight excluding hydrogens is 206 g/mol. The Morgan fingerprint density at radius 3 is 3.06 bits per heavy atom. The Bertz CT molecular complexity index is 199. The van der Waals surface area contributed by atoms with Crippen LogP contribution in [0.5, 0.6) is 0 Å². The largest absolute Gasteiger partial charge is 0.379 e. The average molecular weight is 229 g/mol. The van der Waals surface area contributed by atoms with Crippen LogP contribution in [0.15, 0.2) is 0 Å². The second-order valence-corrected chi connectivity index (χ2v) is 4.26. The van der Waals surface area contributed by atoms with Crippen LogP contribution < -0.4 is 5.32 Å². The first-order valence-corrected chi connectivity index (χ1v) is 6.12. The third-order valence-corrected chi connectivity index (χ3v) is 3.18. The van der Waals surface area contributed by atoms with Gasteiger partial charge in [0, 0.05) is 32.2 Å². The number of rotatable bonds is 7. The molecule has 3 atom stereocenters. The topological polar surface area (TPSA) is 47.6 Å². The number of carbonyl (C=O) groups excluding carboxylic acids is 1. The van der Waals surface area contributed by atoms with Crippen molar-refractivity contribution in [1.82, 2.24) is 5.32 Å². The lowest BCUT2D eigenvalue weighted by molar-refractivity contribution is -0.108. The van der Waals surface area contributed by atoms with Gasteiger partial charge in [0.1, 0.15) is 6.29 Å². The van der Waals surface area contributed by atoms with Crippen LogP contribution in [0.2, 0.25) is 0 Å². The maximum absolute atomic E-state index is 10.4. The number of methoxy groups -OCH3 is 1. The van der Waals surface area contributed by atoms with Crippen molar-refractivity contribution >= 4 is 6.29 Å². The lowest BCUT2D eigenvalue weighted by atomic mass is 10.0. The number of carbonyl (C=O) groups is 1. The van der Waals surface area contributed by atoms with Crippen LogP contribution in [0, 0.1) is 0 Å². The minimum Gasteiger partial charge on any atom is -0.379 e. The predicted octanol–water partition coefficient (Wildman–Crippen LogP) is 1.14. The van der Waals surface area contributed by atoms with Gasteiger partial charge < -0.3 is 19.6 Å². The monoisotopic (exact) mass is 229 g/mol. The highest BCUT2D eigenvalue weighted by atomic mass is 16.5. The van der Waals surface area contributed by atoms with Crippen molar-refractivity contribution in [1.29, 1.82) is 0 Å². The summed E-state index contributed by atoms with van der Waals surface area (Å²) in [6.07, 6.45) is 4.69. The maximum atomic E-state index is 10.4. The van der Waals surface area contributed by atoms with Gasteiger partial charge in [0.2, 0.25) is 0 Å². The summed E-state index contributed by atoms with van der Waals surface area (Å²) in [5, 5.41) is 3.58. The Balaban J connectivity index is 2.38. The Hall–Kier alpha value is -0.450. The molecule has 1 aliphatic rings. The Kier molecular flexibility index (Phi) is 6.61. The van der Waals surface area contributed by atoms with Gasteiger partial charge in [0.05, 0.1) is 12.7 Å². The van der Waals surface area contributed by atoms with E-state index in [0.29, 0.717) is 25.1 Å². The lowest BCUT2D eigenvalue weighted by Gasteiger charge is -2.34. The van der Waals surface area contributed by atoms with E-state index in [4.69, 9.17) is 9.47 Å². The van der Waals surface area contributed by atoms with Gasteiger partial charge in [0.15, 0.2) is 0 Å². The zero-order valence-corrected chi connectivity index (χ0v) is 10.3. The molecule has 1 saturated heterocycles. The molecule has 94 valence electrons. The molecule has 0 aromatic rings. The molecule has 4 nitrogen and oxygen atoms in total. The van der Waals surface area contributed by atoms with Crippen LogP contribution in [0.3, 0.4) is 0 Å². The van der Waals surface area contributed by atoms with E-state index in [2.05, 4.69) is 12.2 Å². The molecule has 1 heterocycles. The summed E-state index contributed by atoms with van der Waals surface area (Å²) >= 11 is 0. The van der Waals surface area contributed by atoms with Crippen molar-refractivity contribution in [2.24, 2.45) is 0 Å². The SMILES string of the molecule is CCC(CCC=O)NC1CCOCC1OC. The van der Waals surface area contributed by atoms with Crippen molar-refractivity contribution in [3.05, 3.63) is 0 Å². The van der Waals surface area contributed by atoms with E-state index >= 15 is 0 Å². The summed E-state index contributed by atoms with van der Waals surface area (Å²) in [7, 11) is 1.72. The number of ether oxygens (including phenoxy) is 2.